The first-order valence-corrected chi connectivity index (χ1v) is 8.43. The van der Waals surface area contributed by atoms with Crippen LogP contribution in [0.2, 0.25) is 0 Å². The summed E-state index contributed by atoms with van der Waals surface area (Å²) in [4.78, 5) is 0. The Hall–Kier alpha value is -0.900. The van der Waals surface area contributed by atoms with Crippen LogP contribution in [-0.4, -0.2) is 31.1 Å². The number of hydrogen-bond acceptors (Lipinski definition) is 4. The van der Waals surface area contributed by atoms with Crippen LogP contribution >= 0.6 is 15.9 Å². The average molecular weight is 344 g/mol. The van der Waals surface area contributed by atoms with Crippen molar-refractivity contribution >= 4 is 25.8 Å². The largest absolute Gasteiger partial charge is 0.395 e. The maximum absolute atomic E-state index is 12.1. The van der Waals surface area contributed by atoms with Crippen molar-refractivity contribution in [2.75, 3.05) is 12.4 Å². The lowest BCUT2D eigenvalue weighted by Crippen LogP contribution is -2.19. The molecule has 2 rings (SSSR count). The van der Waals surface area contributed by atoms with E-state index in [1.165, 1.54) is 0 Å². The van der Waals surface area contributed by atoms with Crippen molar-refractivity contribution < 1.29 is 13.5 Å². The first-order chi connectivity index (χ1) is 8.93. The van der Waals surface area contributed by atoms with Crippen LogP contribution in [0.25, 0.3) is 0 Å². The van der Waals surface area contributed by atoms with Crippen molar-refractivity contribution in [3.63, 3.8) is 0 Å². The zero-order chi connectivity index (χ0) is 14.3. The van der Waals surface area contributed by atoms with Crippen LogP contribution in [0, 0.1) is 16.7 Å². The molecule has 3 atom stereocenters. The Morgan fingerprint density at radius 1 is 1.42 bits per heavy atom. The van der Waals surface area contributed by atoms with Gasteiger partial charge in [-0.25, -0.2) is 8.42 Å². The fraction of sp³-hybridized carbons (Fsp3) is 0.462. The molecule has 19 heavy (non-hydrogen) atoms. The van der Waals surface area contributed by atoms with E-state index in [0.29, 0.717) is 0 Å². The number of halogens is 1. The van der Waals surface area contributed by atoms with Gasteiger partial charge in [0.2, 0.25) is 0 Å². The van der Waals surface area contributed by atoms with Crippen LogP contribution in [0.1, 0.15) is 18.4 Å². The number of nitrogens with zero attached hydrogens (tertiary/aromatic N) is 1. The highest BCUT2D eigenvalue weighted by molar-refractivity contribution is 9.10. The fourth-order valence-electron chi connectivity index (χ4n) is 2.61. The predicted molar refractivity (Wildman–Crippen MR) is 75.3 cm³/mol. The molecule has 0 spiro atoms. The third-order valence-corrected chi connectivity index (χ3v) is 6.54. The van der Waals surface area contributed by atoms with Crippen LogP contribution in [0.4, 0.5) is 0 Å². The fourth-order valence-corrected chi connectivity index (χ4v) is 4.89. The van der Waals surface area contributed by atoms with E-state index in [2.05, 4.69) is 15.9 Å². The monoisotopic (exact) mass is 343 g/mol. The van der Waals surface area contributed by atoms with Gasteiger partial charge in [-0.2, -0.15) is 5.26 Å². The van der Waals surface area contributed by atoms with Crippen LogP contribution < -0.4 is 0 Å². The molecule has 6 heteroatoms. The second-order valence-electron chi connectivity index (χ2n) is 4.71. The van der Waals surface area contributed by atoms with Gasteiger partial charge in [0.1, 0.15) is 5.41 Å². The van der Waals surface area contributed by atoms with E-state index >= 15 is 0 Å². The highest BCUT2D eigenvalue weighted by Crippen LogP contribution is 2.62. The molecule has 102 valence electrons. The van der Waals surface area contributed by atoms with Gasteiger partial charge in [0, 0.05) is 16.1 Å². The van der Waals surface area contributed by atoms with Crippen molar-refractivity contribution in [1.29, 1.82) is 5.26 Å². The standard InChI is InChI=1S/C13H14BrNO3S/c1-2-19(17,18)12-11(13(12,7-15)8-16)9-3-5-10(14)6-4-9/h3-6,11-12,16H,2,8H2,1H3/t11-,12-,13-/m1/s1. The highest BCUT2D eigenvalue weighted by Gasteiger charge is 2.71. The maximum atomic E-state index is 12.1. The molecule has 0 amide bonds. The van der Waals surface area contributed by atoms with Crippen LogP contribution in [0.3, 0.4) is 0 Å². The van der Waals surface area contributed by atoms with E-state index in [1.807, 2.05) is 18.2 Å². The summed E-state index contributed by atoms with van der Waals surface area (Å²) >= 11 is 3.31. The summed E-state index contributed by atoms with van der Waals surface area (Å²) in [5, 5.41) is 18.0. The average Bonchev–Trinajstić information content (AvgIpc) is 3.10. The van der Waals surface area contributed by atoms with Gasteiger partial charge in [-0.3, -0.25) is 0 Å². The number of rotatable bonds is 4. The quantitative estimate of drug-likeness (QED) is 0.904. The first kappa shape index (κ1) is 14.5. The predicted octanol–water partition coefficient (Wildman–Crippen LogP) is 1.85. The van der Waals surface area contributed by atoms with Gasteiger partial charge >= 0.3 is 0 Å². The lowest BCUT2D eigenvalue weighted by atomic mass is 10.0. The molecule has 0 radical (unpaired) electrons. The third kappa shape index (κ3) is 2.20. The van der Waals surface area contributed by atoms with E-state index in [1.54, 1.807) is 19.1 Å². The molecule has 1 aliphatic carbocycles. The molecular weight excluding hydrogens is 330 g/mol. The number of nitriles is 1. The number of hydrogen-bond donors (Lipinski definition) is 1. The van der Waals surface area contributed by atoms with E-state index in [9.17, 15) is 18.8 Å². The summed E-state index contributed by atoms with van der Waals surface area (Å²) in [6, 6.07) is 9.22. The van der Waals surface area contributed by atoms with Crippen molar-refractivity contribution in [2.45, 2.75) is 18.1 Å². The number of aliphatic hydroxyl groups is 1. The van der Waals surface area contributed by atoms with Crippen molar-refractivity contribution in [3.8, 4) is 6.07 Å². The Kier molecular flexibility index (Phi) is 3.74. The van der Waals surface area contributed by atoms with Gasteiger partial charge in [-0.05, 0) is 17.7 Å². The Morgan fingerprint density at radius 3 is 2.42 bits per heavy atom. The number of aliphatic hydroxyl groups excluding tert-OH is 1. The molecule has 1 fully saturated rings. The molecule has 0 bridgehead atoms. The van der Waals surface area contributed by atoms with Gasteiger partial charge in [0.25, 0.3) is 0 Å². The second-order valence-corrected chi connectivity index (χ2v) is 8.04. The lowest BCUT2D eigenvalue weighted by molar-refractivity contribution is 0.242. The molecule has 1 aromatic carbocycles. The molecule has 1 aromatic rings. The van der Waals surface area contributed by atoms with Crippen LogP contribution in [0.5, 0.6) is 0 Å². The minimum Gasteiger partial charge on any atom is -0.395 e. The van der Waals surface area contributed by atoms with Gasteiger partial charge in [0.15, 0.2) is 9.84 Å². The van der Waals surface area contributed by atoms with E-state index in [0.717, 1.165) is 10.0 Å². The topological polar surface area (TPSA) is 78.2 Å². The zero-order valence-electron chi connectivity index (χ0n) is 10.4. The normalized spacial score (nSPS) is 29.8. The summed E-state index contributed by atoms with van der Waals surface area (Å²) in [6.07, 6.45) is 0. The minimum absolute atomic E-state index is 0.0197. The maximum Gasteiger partial charge on any atom is 0.155 e. The number of benzene rings is 1. The van der Waals surface area contributed by atoms with Gasteiger partial charge in [-0.1, -0.05) is 35.0 Å². The van der Waals surface area contributed by atoms with Crippen molar-refractivity contribution in [2.24, 2.45) is 5.41 Å². The smallest absolute Gasteiger partial charge is 0.155 e. The van der Waals surface area contributed by atoms with E-state index in [4.69, 9.17) is 0 Å². The molecule has 1 aliphatic rings. The number of sulfone groups is 1. The van der Waals surface area contributed by atoms with E-state index < -0.39 is 33.0 Å². The molecule has 4 nitrogen and oxygen atoms in total. The molecule has 0 heterocycles. The highest BCUT2D eigenvalue weighted by atomic mass is 79.9. The SMILES string of the molecule is CCS(=O)(=O)[C@@H]1[C@@H](c2ccc(Br)cc2)[C@@]1(C#N)CO. The summed E-state index contributed by atoms with van der Waals surface area (Å²) in [5.74, 6) is -0.464. The Morgan fingerprint density at radius 2 is 2.00 bits per heavy atom. The molecule has 0 aliphatic heterocycles. The Balaban J connectivity index is 2.46. The minimum atomic E-state index is -3.36. The first-order valence-electron chi connectivity index (χ1n) is 5.92. The summed E-state index contributed by atoms with van der Waals surface area (Å²) in [6.45, 7) is 1.12. The summed E-state index contributed by atoms with van der Waals surface area (Å²) in [5.41, 5.74) is -0.413. The van der Waals surface area contributed by atoms with Gasteiger partial charge < -0.3 is 5.11 Å². The zero-order valence-corrected chi connectivity index (χ0v) is 12.8. The molecule has 0 aromatic heterocycles. The lowest BCUT2D eigenvalue weighted by Gasteiger charge is -2.03. The Labute approximate surface area is 121 Å². The summed E-state index contributed by atoms with van der Waals surface area (Å²) in [7, 11) is -3.36. The Bertz CT molecular complexity index is 620. The van der Waals surface area contributed by atoms with E-state index in [-0.39, 0.29) is 5.75 Å². The van der Waals surface area contributed by atoms with Crippen molar-refractivity contribution in [3.05, 3.63) is 34.3 Å². The molecular formula is C13H14BrNO3S. The van der Waals surface area contributed by atoms with Gasteiger partial charge in [0.05, 0.1) is 17.9 Å². The molecule has 0 saturated heterocycles. The molecule has 1 saturated carbocycles. The van der Waals surface area contributed by atoms with Gasteiger partial charge in [-0.15, -0.1) is 0 Å². The van der Waals surface area contributed by atoms with Crippen molar-refractivity contribution in [1.82, 2.24) is 0 Å². The summed E-state index contributed by atoms with van der Waals surface area (Å²) < 4.78 is 25.0. The molecule has 0 unspecified atom stereocenters. The third-order valence-electron chi connectivity index (χ3n) is 3.74. The van der Waals surface area contributed by atoms with Crippen LogP contribution in [-0.2, 0) is 9.84 Å². The second kappa shape index (κ2) is 4.89. The van der Waals surface area contributed by atoms with Crippen LogP contribution in [0.15, 0.2) is 28.7 Å². The molecule has 1 N–H and O–H groups in total.